The van der Waals surface area contributed by atoms with Gasteiger partial charge in [-0.05, 0) is 50.5 Å². The molecule has 0 bridgehead atoms. The fraction of sp³-hybridized carbons (Fsp3) is 0.364. The summed E-state index contributed by atoms with van der Waals surface area (Å²) in [5, 5.41) is 8.57. The van der Waals surface area contributed by atoms with Gasteiger partial charge in [0.15, 0.2) is 11.5 Å². The number of carbonyl (C=O) groups excluding carboxylic acids is 1. The zero-order valence-corrected chi connectivity index (χ0v) is 18.5. The first-order valence-corrected chi connectivity index (χ1v) is 10.9. The maximum Gasteiger partial charge on any atom is 0.311 e. The molecule has 0 unspecified atom stereocenters. The maximum absolute atomic E-state index is 12.3. The minimum Gasteiger partial charge on any atom is -0.466 e. The number of ether oxygens (including phenoxy) is 1. The molecule has 0 spiro atoms. The number of nitrogen functional groups attached to an aromatic ring is 1. The summed E-state index contributed by atoms with van der Waals surface area (Å²) in [5.74, 6) is 1.41. The number of nitrogens with zero attached hydrogens (tertiary/aromatic N) is 8. The van der Waals surface area contributed by atoms with Crippen LogP contribution in [-0.4, -0.2) is 60.0 Å². The summed E-state index contributed by atoms with van der Waals surface area (Å²) in [5.41, 5.74) is 7.69. The fourth-order valence-electron chi connectivity index (χ4n) is 4.06. The standard InChI is InChI=1S/C22H25N9O2/c1-3-33-19(32)22(2)5-9-29(10-6-22)21-24-13-16(14-25-21)15-11-17-27-20(23)28-31(17)18(12-15)30-8-4-7-26-30/h4,7-8,11-14H,3,5-6,9-10H2,1-2H3,(H2,23,28). The van der Waals surface area contributed by atoms with E-state index in [2.05, 4.69) is 30.0 Å². The first-order valence-electron chi connectivity index (χ1n) is 10.9. The van der Waals surface area contributed by atoms with E-state index in [-0.39, 0.29) is 11.9 Å². The molecule has 0 radical (unpaired) electrons. The third-order valence-electron chi connectivity index (χ3n) is 6.06. The van der Waals surface area contributed by atoms with Gasteiger partial charge in [-0.15, -0.1) is 5.10 Å². The summed E-state index contributed by atoms with van der Waals surface area (Å²) in [6, 6.07) is 5.67. The number of carbonyl (C=O) groups is 1. The van der Waals surface area contributed by atoms with E-state index >= 15 is 0 Å². The van der Waals surface area contributed by atoms with Gasteiger partial charge in [-0.2, -0.15) is 14.6 Å². The average molecular weight is 448 g/mol. The first-order chi connectivity index (χ1) is 16.0. The highest BCUT2D eigenvalue weighted by molar-refractivity contribution is 5.77. The number of pyridine rings is 1. The van der Waals surface area contributed by atoms with Crippen molar-refractivity contribution in [1.82, 2.24) is 34.3 Å². The van der Waals surface area contributed by atoms with Crippen LogP contribution in [0.5, 0.6) is 0 Å². The molecule has 11 nitrogen and oxygen atoms in total. The zero-order valence-electron chi connectivity index (χ0n) is 18.5. The SMILES string of the molecule is CCOC(=O)C1(C)CCN(c2ncc(-c3cc(-n4cccn4)n4nc(N)nc4c3)cn2)CC1. The molecular weight excluding hydrogens is 422 g/mol. The lowest BCUT2D eigenvalue weighted by molar-refractivity contribution is -0.155. The Kier molecular flexibility index (Phi) is 5.15. The maximum atomic E-state index is 12.3. The van der Waals surface area contributed by atoms with Gasteiger partial charge in [-0.3, -0.25) is 4.79 Å². The van der Waals surface area contributed by atoms with Crippen LogP contribution in [0.1, 0.15) is 26.7 Å². The summed E-state index contributed by atoms with van der Waals surface area (Å²) < 4.78 is 8.60. The van der Waals surface area contributed by atoms with Crippen molar-refractivity contribution in [3.8, 4) is 16.9 Å². The van der Waals surface area contributed by atoms with Crippen molar-refractivity contribution in [2.45, 2.75) is 26.7 Å². The van der Waals surface area contributed by atoms with Crippen LogP contribution in [-0.2, 0) is 9.53 Å². The second-order valence-electron chi connectivity index (χ2n) is 8.33. The fourth-order valence-corrected chi connectivity index (χ4v) is 4.06. The van der Waals surface area contributed by atoms with Gasteiger partial charge in [-0.1, -0.05) is 0 Å². The molecule has 5 rings (SSSR count). The molecule has 1 fully saturated rings. The lowest BCUT2D eigenvalue weighted by Gasteiger charge is -2.37. The van der Waals surface area contributed by atoms with Gasteiger partial charge in [0.1, 0.15) is 0 Å². The van der Waals surface area contributed by atoms with Gasteiger partial charge in [0.25, 0.3) is 0 Å². The van der Waals surface area contributed by atoms with Crippen LogP contribution >= 0.6 is 0 Å². The first kappa shape index (κ1) is 20.9. The lowest BCUT2D eigenvalue weighted by Crippen LogP contribution is -2.44. The minimum atomic E-state index is -0.454. The van der Waals surface area contributed by atoms with Gasteiger partial charge < -0.3 is 15.4 Å². The topological polar surface area (TPSA) is 129 Å². The molecule has 1 aliphatic heterocycles. The Bertz CT molecular complexity index is 1270. The van der Waals surface area contributed by atoms with Gasteiger partial charge in [-0.25, -0.2) is 14.6 Å². The Labute approximate surface area is 190 Å². The number of esters is 1. The molecule has 2 N–H and O–H groups in total. The Morgan fingerprint density at radius 1 is 1.18 bits per heavy atom. The predicted molar refractivity (Wildman–Crippen MR) is 122 cm³/mol. The molecule has 0 atom stereocenters. The molecule has 0 saturated carbocycles. The summed E-state index contributed by atoms with van der Waals surface area (Å²) in [6.07, 6.45) is 8.52. The van der Waals surface area contributed by atoms with Crippen molar-refractivity contribution < 1.29 is 9.53 Å². The molecule has 5 heterocycles. The Hall–Kier alpha value is -4.02. The van der Waals surface area contributed by atoms with E-state index in [1.165, 1.54) is 0 Å². The molecule has 0 aliphatic carbocycles. The molecule has 0 aromatic carbocycles. The molecule has 1 aliphatic rings. The van der Waals surface area contributed by atoms with Gasteiger partial charge in [0.05, 0.1) is 12.0 Å². The average Bonchev–Trinajstić information content (AvgIpc) is 3.48. The van der Waals surface area contributed by atoms with Crippen LogP contribution in [0.2, 0.25) is 0 Å². The van der Waals surface area contributed by atoms with E-state index in [0.717, 1.165) is 11.1 Å². The minimum absolute atomic E-state index is 0.126. The quantitative estimate of drug-likeness (QED) is 0.457. The highest BCUT2D eigenvalue weighted by atomic mass is 16.5. The van der Waals surface area contributed by atoms with Crippen LogP contribution < -0.4 is 10.6 Å². The highest BCUT2D eigenvalue weighted by Gasteiger charge is 2.38. The number of fused-ring (bicyclic) bond motifs is 1. The van der Waals surface area contributed by atoms with E-state index < -0.39 is 5.41 Å². The molecule has 4 aromatic heterocycles. The lowest BCUT2D eigenvalue weighted by atomic mass is 9.80. The smallest absolute Gasteiger partial charge is 0.311 e. The van der Waals surface area contributed by atoms with Crippen LogP contribution in [0.25, 0.3) is 22.6 Å². The van der Waals surface area contributed by atoms with Crippen LogP contribution in [0, 0.1) is 5.41 Å². The second-order valence-corrected chi connectivity index (χ2v) is 8.33. The summed E-state index contributed by atoms with van der Waals surface area (Å²) >= 11 is 0. The van der Waals surface area contributed by atoms with Crippen LogP contribution in [0.15, 0.2) is 43.0 Å². The van der Waals surface area contributed by atoms with E-state index in [4.69, 9.17) is 10.5 Å². The van der Waals surface area contributed by atoms with Crippen LogP contribution in [0.3, 0.4) is 0 Å². The third-order valence-corrected chi connectivity index (χ3v) is 6.06. The predicted octanol–water partition coefficient (Wildman–Crippen LogP) is 2.12. The highest BCUT2D eigenvalue weighted by Crippen LogP contribution is 2.33. The second kappa shape index (κ2) is 8.15. The number of rotatable bonds is 5. The van der Waals surface area contributed by atoms with E-state index in [1.807, 2.05) is 38.2 Å². The van der Waals surface area contributed by atoms with E-state index in [0.29, 0.717) is 50.0 Å². The Balaban J connectivity index is 1.39. The summed E-state index contributed by atoms with van der Waals surface area (Å²) in [4.78, 5) is 27.9. The number of hydrogen-bond acceptors (Lipinski definition) is 9. The van der Waals surface area contributed by atoms with E-state index in [9.17, 15) is 4.79 Å². The number of aromatic nitrogens is 7. The van der Waals surface area contributed by atoms with Gasteiger partial charge in [0.2, 0.25) is 11.9 Å². The number of hydrogen-bond donors (Lipinski definition) is 1. The number of nitrogens with two attached hydrogens (primary N) is 1. The molecule has 170 valence electrons. The monoisotopic (exact) mass is 447 g/mol. The van der Waals surface area contributed by atoms with Crippen molar-refractivity contribution in [2.24, 2.45) is 5.41 Å². The van der Waals surface area contributed by atoms with Crippen molar-refractivity contribution >= 4 is 23.5 Å². The molecule has 0 amide bonds. The van der Waals surface area contributed by atoms with Crippen molar-refractivity contribution in [1.29, 1.82) is 0 Å². The Morgan fingerprint density at radius 2 is 1.94 bits per heavy atom. The van der Waals surface area contributed by atoms with Crippen molar-refractivity contribution in [2.75, 3.05) is 30.3 Å². The molecule has 4 aromatic rings. The van der Waals surface area contributed by atoms with Gasteiger partial charge in [0, 0.05) is 43.4 Å². The van der Waals surface area contributed by atoms with E-state index in [1.54, 1.807) is 27.8 Å². The summed E-state index contributed by atoms with van der Waals surface area (Å²) in [7, 11) is 0. The molecule has 1 saturated heterocycles. The summed E-state index contributed by atoms with van der Waals surface area (Å²) in [6.45, 7) is 5.60. The normalized spacial score (nSPS) is 15.6. The Morgan fingerprint density at radius 3 is 2.61 bits per heavy atom. The van der Waals surface area contributed by atoms with Crippen LogP contribution in [0.4, 0.5) is 11.9 Å². The van der Waals surface area contributed by atoms with Crippen molar-refractivity contribution in [3.63, 3.8) is 0 Å². The largest absolute Gasteiger partial charge is 0.466 e. The molecule has 33 heavy (non-hydrogen) atoms. The molecular formula is C22H25N9O2. The number of piperidine rings is 1. The number of anilines is 2. The third kappa shape index (κ3) is 3.86. The van der Waals surface area contributed by atoms with Gasteiger partial charge >= 0.3 is 5.97 Å². The van der Waals surface area contributed by atoms with Crippen molar-refractivity contribution in [3.05, 3.63) is 43.0 Å². The molecule has 11 heteroatoms. The zero-order chi connectivity index (χ0) is 23.0.